The lowest BCUT2D eigenvalue weighted by atomic mass is 9.86. The third kappa shape index (κ3) is 2.54. The third-order valence-corrected chi connectivity index (χ3v) is 4.24. The van der Waals surface area contributed by atoms with E-state index >= 15 is 0 Å². The SMILES string of the molecule is CN1CCC(C)(c2cccc(-c3cccnc3F)c2)N=C1N. The molecule has 1 atom stereocenters. The standard InChI is InChI=1S/C17H19FN4/c1-17(8-10-22(2)16(19)21-17)13-6-3-5-12(11-13)14-7-4-9-20-15(14)18/h3-7,9,11H,8,10H2,1-2H3,(H2,19,21). The summed E-state index contributed by atoms with van der Waals surface area (Å²) in [5.74, 6) is 0.0721. The van der Waals surface area contributed by atoms with Crippen LogP contribution in [0.4, 0.5) is 4.39 Å². The minimum Gasteiger partial charge on any atom is -0.370 e. The topological polar surface area (TPSA) is 54.5 Å². The van der Waals surface area contributed by atoms with Crippen LogP contribution < -0.4 is 5.73 Å². The highest BCUT2D eigenvalue weighted by Crippen LogP contribution is 2.34. The number of pyridine rings is 1. The van der Waals surface area contributed by atoms with Crippen LogP contribution in [-0.4, -0.2) is 29.4 Å². The average molecular weight is 298 g/mol. The molecular weight excluding hydrogens is 279 g/mol. The number of nitrogens with two attached hydrogens (primary N) is 1. The van der Waals surface area contributed by atoms with Crippen LogP contribution in [0.3, 0.4) is 0 Å². The maximum Gasteiger partial charge on any atom is 0.220 e. The van der Waals surface area contributed by atoms with Crippen LogP contribution in [0.15, 0.2) is 47.6 Å². The van der Waals surface area contributed by atoms with E-state index in [9.17, 15) is 4.39 Å². The quantitative estimate of drug-likeness (QED) is 0.867. The zero-order valence-electron chi connectivity index (χ0n) is 12.8. The molecule has 1 aromatic carbocycles. The van der Waals surface area contributed by atoms with E-state index in [1.807, 2.05) is 36.2 Å². The van der Waals surface area contributed by atoms with Gasteiger partial charge in [0.1, 0.15) is 0 Å². The fourth-order valence-corrected chi connectivity index (χ4v) is 2.73. The number of hydrogen-bond donors (Lipinski definition) is 1. The summed E-state index contributed by atoms with van der Waals surface area (Å²) in [6.07, 6.45) is 2.31. The third-order valence-electron chi connectivity index (χ3n) is 4.24. The van der Waals surface area contributed by atoms with Gasteiger partial charge in [-0.25, -0.2) is 9.98 Å². The molecule has 0 saturated heterocycles. The van der Waals surface area contributed by atoms with E-state index < -0.39 is 5.95 Å². The van der Waals surface area contributed by atoms with Crippen LogP contribution in [0.1, 0.15) is 18.9 Å². The minimum absolute atomic E-state index is 0.384. The van der Waals surface area contributed by atoms with Gasteiger partial charge in [-0.15, -0.1) is 0 Å². The first-order chi connectivity index (χ1) is 10.5. The van der Waals surface area contributed by atoms with E-state index in [1.54, 1.807) is 12.1 Å². The van der Waals surface area contributed by atoms with Crippen LogP contribution in [0.2, 0.25) is 0 Å². The molecule has 4 nitrogen and oxygen atoms in total. The molecule has 0 amide bonds. The maximum atomic E-state index is 13.9. The van der Waals surface area contributed by atoms with Gasteiger partial charge in [-0.1, -0.05) is 18.2 Å². The van der Waals surface area contributed by atoms with E-state index in [-0.39, 0.29) is 5.54 Å². The van der Waals surface area contributed by atoms with Crippen LogP contribution in [0.5, 0.6) is 0 Å². The van der Waals surface area contributed by atoms with E-state index in [0.29, 0.717) is 11.5 Å². The van der Waals surface area contributed by atoms with Gasteiger partial charge in [0.2, 0.25) is 5.95 Å². The maximum absolute atomic E-state index is 13.9. The van der Waals surface area contributed by atoms with Crippen molar-refractivity contribution in [3.8, 4) is 11.1 Å². The number of hydrogen-bond acceptors (Lipinski definition) is 4. The summed E-state index contributed by atoms with van der Waals surface area (Å²) in [7, 11) is 1.93. The molecule has 0 saturated carbocycles. The lowest BCUT2D eigenvalue weighted by molar-refractivity contribution is 0.339. The first-order valence-electron chi connectivity index (χ1n) is 7.27. The molecule has 0 aliphatic carbocycles. The summed E-state index contributed by atoms with van der Waals surface area (Å²) >= 11 is 0. The van der Waals surface area contributed by atoms with Gasteiger partial charge >= 0.3 is 0 Å². The Hall–Kier alpha value is -2.43. The number of rotatable bonds is 2. The van der Waals surface area contributed by atoms with Gasteiger partial charge in [0, 0.05) is 25.4 Å². The Kier molecular flexibility index (Phi) is 3.56. The van der Waals surface area contributed by atoms with E-state index in [1.165, 1.54) is 6.20 Å². The molecule has 114 valence electrons. The largest absolute Gasteiger partial charge is 0.370 e. The van der Waals surface area contributed by atoms with E-state index in [2.05, 4.69) is 16.9 Å². The molecule has 2 heterocycles. The number of halogens is 1. The van der Waals surface area contributed by atoms with Crippen molar-refractivity contribution < 1.29 is 4.39 Å². The van der Waals surface area contributed by atoms with Crippen LogP contribution in [-0.2, 0) is 5.54 Å². The van der Waals surface area contributed by atoms with E-state index in [4.69, 9.17) is 5.73 Å². The molecule has 0 fully saturated rings. The highest BCUT2D eigenvalue weighted by atomic mass is 19.1. The van der Waals surface area contributed by atoms with Gasteiger partial charge in [-0.2, -0.15) is 4.39 Å². The number of guanidine groups is 1. The minimum atomic E-state index is -0.462. The van der Waals surface area contributed by atoms with Crippen LogP contribution >= 0.6 is 0 Å². The Morgan fingerprint density at radius 1 is 1.27 bits per heavy atom. The number of nitrogens with zero attached hydrogens (tertiary/aromatic N) is 3. The van der Waals surface area contributed by atoms with Crippen LogP contribution in [0.25, 0.3) is 11.1 Å². The Morgan fingerprint density at radius 3 is 2.82 bits per heavy atom. The first kappa shape index (κ1) is 14.5. The Balaban J connectivity index is 2.04. The van der Waals surface area contributed by atoms with Crippen molar-refractivity contribution in [2.24, 2.45) is 10.7 Å². The smallest absolute Gasteiger partial charge is 0.220 e. The van der Waals surface area contributed by atoms with Crippen molar-refractivity contribution in [2.75, 3.05) is 13.6 Å². The Labute approximate surface area is 129 Å². The predicted octanol–water partition coefficient (Wildman–Crippen LogP) is 2.75. The van der Waals surface area contributed by atoms with E-state index in [0.717, 1.165) is 24.1 Å². The molecule has 5 heteroatoms. The molecule has 1 aliphatic rings. The lowest BCUT2D eigenvalue weighted by Crippen LogP contribution is -2.43. The summed E-state index contributed by atoms with van der Waals surface area (Å²) in [5.41, 5.74) is 7.92. The van der Waals surface area contributed by atoms with Gasteiger partial charge < -0.3 is 10.6 Å². The summed E-state index contributed by atoms with van der Waals surface area (Å²) < 4.78 is 13.9. The summed E-state index contributed by atoms with van der Waals surface area (Å²) in [6, 6.07) is 11.3. The monoisotopic (exact) mass is 298 g/mol. The molecule has 3 rings (SSSR count). The van der Waals surface area contributed by atoms with Crippen molar-refractivity contribution in [3.63, 3.8) is 0 Å². The fourth-order valence-electron chi connectivity index (χ4n) is 2.73. The molecular formula is C17H19FN4. The second-order valence-electron chi connectivity index (χ2n) is 5.84. The van der Waals surface area contributed by atoms with Gasteiger partial charge in [-0.3, -0.25) is 0 Å². The Bertz CT molecular complexity index is 728. The summed E-state index contributed by atoms with van der Waals surface area (Å²) in [6.45, 7) is 2.91. The van der Waals surface area contributed by atoms with Gasteiger partial charge in [0.05, 0.1) is 5.54 Å². The predicted molar refractivity (Wildman–Crippen MR) is 85.9 cm³/mol. The fraction of sp³-hybridized carbons (Fsp3) is 0.294. The van der Waals surface area contributed by atoms with Crippen LogP contribution in [0, 0.1) is 5.95 Å². The first-order valence-corrected chi connectivity index (χ1v) is 7.27. The second-order valence-corrected chi connectivity index (χ2v) is 5.84. The van der Waals surface area contributed by atoms with Crippen molar-refractivity contribution in [1.82, 2.24) is 9.88 Å². The molecule has 1 aliphatic heterocycles. The molecule has 2 N–H and O–H groups in total. The summed E-state index contributed by atoms with van der Waals surface area (Å²) in [4.78, 5) is 10.3. The molecule has 1 unspecified atom stereocenters. The number of aliphatic imine (C=N–C) groups is 1. The number of aromatic nitrogens is 1. The lowest BCUT2D eigenvalue weighted by Gasteiger charge is -2.35. The average Bonchev–Trinajstić information content (AvgIpc) is 2.52. The zero-order chi connectivity index (χ0) is 15.7. The molecule has 2 aromatic rings. The Morgan fingerprint density at radius 2 is 2.09 bits per heavy atom. The number of benzene rings is 1. The highest BCUT2D eigenvalue weighted by Gasteiger charge is 2.31. The molecule has 0 radical (unpaired) electrons. The van der Waals surface area contributed by atoms with Crippen molar-refractivity contribution in [1.29, 1.82) is 0 Å². The molecule has 1 aromatic heterocycles. The van der Waals surface area contributed by atoms with Crippen molar-refractivity contribution in [2.45, 2.75) is 18.9 Å². The molecule has 0 spiro atoms. The second kappa shape index (κ2) is 5.40. The van der Waals surface area contributed by atoms with Gasteiger partial charge in [0.15, 0.2) is 5.96 Å². The van der Waals surface area contributed by atoms with Gasteiger partial charge in [-0.05, 0) is 42.7 Å². The molecule has 0 bridgehead atoms. The van der Waals surface area contributed by atoms with Crippen molar-refractivity contribution in [3.05, 3.63) is 54.1 Å². The highest BCUT2D eigenvalue weighted by molar-refractivity contribution is 5.79. The zero-order valence-corrected chi connectivity index (χ0v) is 12.8. The normalized spacial score (nSPS) is 21.6. The van der Waals surface area contributed by atoms with Crippen molar-refractivity contribution >= 4 is 5.96 Å². The van der Waals surface area contributed by atoms with Gasteiger partial charge in [0.25, 0.3) is 0 Å². The summed E-state index contributed by atoms with van der Waals surface area (Å²) in [5, 5.41) is 0. The molecule has 22 heavy (non-hydrogen) atoms.